The molecule has 0 saturated carbocycles. The van der Waals surface area contributed by atoms with Crippen LogP contribution in [0.15, 0.2) is 41.3 Å². The lowest BCUT2D eigenvalue weighted by molar-refractivity contribution is -0.121. The molecule has 0 N–H and O–H groups in total. The summed E-state index contributed by atoms with van der Waals surface area (Å²) in [6.07, 6.45) is 1.82. The summed E-state index contributed by atoms with van der Waals surface area (Å²) < 4.78 is 23.2. The van der Waals surface area contributed by atoms with E-state index in [0.29, 0.717) is 53.7 Å². The summed E-state index contributed by atoms with van der Waals surface area (Å²) in [6.45, 7) is 8.38. The molecular formula is C25H29NO5S2. The lowest BCUT2D eigenvalue weighted by Gasteiger charge is -2.12. The topological polar surface area (TPSA) is 57.2 Å². The van der Waals surface area contributed by atoms with Crippen LogP contribution in [0.3, 0.4) is 0 Å². The maximum absolute atomic E-state index is 12.4. The average molecular weight is 488 g/mol. The summed E-state index contributed by atoms with van der Waals surface area (Å²) in [7, 11) is 1.59. The number of aryl methyl sites for hydroxylation is 2. The van der Waals surface area contributed by atoms with Gasteiger partial charge in [-0.1, -0.05) is 36.1 Å². The zero-order chi connectivity index (χ0) is 23.8. The van der Waals surface area contributed by atoms with Gasteiger partial charge in [0.1, 0.15) is 23.3 Å². The van der Waals surface area contributed by atoms with E-state index in [1.54, 1.807) is 12.0 Å². The van der Waals surface area contributed by atoms with Crippen LogP contribution in [0.5, 0.6) is 17.2 Å². The Morgan fingerprint density at radius 2 is 1.73 bits per heavy atom. The molecule has 6 nitrogen and oxygen atoms in total. The predicted octanol–water partition coefficient (Wildman–Crippen LogP) is 5.01. The van der Waals surface area contributed by atoms with Crippen molar-refractivity contribution in [2.75, 3.05) is 40.1 Å². The Morgan fingerprint density at radius 1 is 0.970 bits per heavy atom. The molecule has 1 amide bonds. The van der Waals surface area contributed by atoms with Crippen LogP contribution in [0.25, 0.3) is 6.08 Å². The van der Waals surface area contributed by atoms with Crippen molar-refractivity contribution >= 4 is 40.3 Å². The number of hydrogen-bond acceptors (Lipinski definition) is 7. The summed E-state index contributed by atoms with van der Waals surface area (Å²) in [4.78, 5) is 14.6. The fourth-order valence-corrected chi connectivity index (χ4v) is 4.54. The van der Waals surface area contributed by atoms with Gasteiger partial charge >= 0.3 is 0 Å². The largest absolute Gasteiger partial charge is 0.493 e. The Kier molecular flexibility index (Phi) is 9.17. The van der Waals surface area contributed by atoms with Gasteiger partial charge in [0.05, 0.1) is 25.2 Å². The zero-order valence-corrected chi connectivity index (χ0v) is 21.0. The van der Waals surface area contributed by atoms with Crippen molar-refractivity contribution in [2.45, 2.75) is 20.8 Å². The number of ether oxygens (including phenoxy) is 4. The third-order valence-electron chi connectivity index (χ3n) is 5.14. The van der Waals surface area contributed by atoms with Crippen LogP contribution >= 0.6 is 24.0 Å². The number of carbonyl (C=O) groups is 1. The van der Waals surface area contributed by atoms with Crippen molar-refractivity contribution in [3.05, 3.63) is 58.0 Å². The van der Waals surface area contributed by atoms with Crippen molar-refractivity contribution in [1.82, 2.24) is 4.90 Å². The molecule has 0 aromatic heterocycles. The molecule has 0 bridgehead atoms. The molecule has 0 aliphatic carbocycles. The first kappa shape index (κ1) is 25.1. The molecule has 3 rings (SSSR count). The first-order valence-electron chi connectivity index (χ1n) is 10.8. The molecule has 0 unspecified atom stereocenters. The Hall–Kier alpha value is -2.55. The van der Waals surface area contributed by atoms with Crippen LogP contribution in [-0.4, -0.2) is 55.2 Å². The third kappa shape index (κ3) is 6.72. The number of nitrogens with zero attached hydrogens (tertiary/aromatic N) is 1. The molecule has 1 aliphatic rings. The first-order chi connectivity index (χ1) is 15.9. The molecule has 176 valence electrons. The Morgan fingerprint density at radius 3 is 2.39 bits per heavy atom. The van der Waals surface area contributed by atoms with Gasteiger partial charge in [0.2, 0.25) is 0 Å². The maximum atomic E-state index is 12.4. The van der Waals surface area contributed by atoms with E-state index in [9.17, 15) is 4.79 Å². The number of likely N-dealkylation sites (N-methyl/N-ethyl adjacent to an activating group) is 1. The number of amides is 1. The standard InChI is InChI=1S/C25H29NO5S2/c1-5-26-24(27)23(33-25(26)32)16-19-7-9-21(22(15-19)28-4)31-13-11-29-10-12-30-20-8-6-17(2)18(3)14-20/h6-9,14-16H,5,10-13H2,1-4H3/b23-16-. The second kappa shape index (κ2) is 12.1. The zero-order valence-electron chi connectivity index (χ0n) is 19.4. The Labute approximate surface area is 204 Å². The van der Waals surface area contributed by atoms with Crippen LogP contribution in [0.2, 0.25) is 0 Å². The summed E-state index contributed by atoms with van der Waals surface area (Å²) in [6, 6.07) is 11.6. The van der Waals surface area contributed by atoms with Crippen molar-refractivity contribution in [2.24, 2.45) is 0 Å². The molecule has 0 spiro atoms. The van der Waals surface area contributed by atoms with E-state index in [1.165, 1.54) is 22.9 Å². The quantitative estimate of drug-likeness (QED) is 0.251. The summed E-state index contributed by atoms with van der Waals surface area (Å²) in [5.74, 6) is 1.99. The average Bonchev–Trinajstić information content (AvgIpc) is 3.07. The molecule has 8 heteroatoms. The second-order valence-corrected chi connectivity index (χ2v) is 9.07. The van der Waals surface area contributed by atoms with E-state index < -0.39 is 0 Å². The van der Waals surface area contributed by atoms with E-state index in [2.05, 4.69) is 13.8 Å². The molecule has 1 aliphatic heterocycles. The number of rotatable bonds is 11. The number of benzene rings is 2. The van der Waals surface area contributed by atoms with Crippen molar-refractivity contribution in [3.63, 3.8) is 0 Å². The normalized spacial score (nSPS) is 14.8. The Balaban J connectivity index is 1.45. The molecule has 0 atom stereocenters. The van der Waals surface area contributed by atoms with Crippen LogP contribution < -0.4 is 14.2 Å². The highest BCUT2D eigenvalue weighted by Gasteiger charge is 2.30. The highest BCUT2D eigenvalue weighted by molar-refractivity contribution is 8.26. The fraction of sp³-hybridized carbons (Fsp3) is 0.360. The summed E-state index contributed by atoms with van der Waals surface area (Å²) in [5.41, 5.74) is 3.29. The number of hydrogen-bond donors (Lipinski definition) is 0. The van der Waals surface area contributed by atoms with Gasteiger partial charge in [-0.25, -0.2) is 0 Å². The fourth-order valence-electron chi connectivity index (χ4n) is 3.15. The molecule has 1 saturated heterocycles. The van der Waals surface area contributed by atoms with Crippen molar-refractivity contribution in [3.8, 4) is 17.2 Å². The summed E-state index contributed by atoms with van der Waals surface area (Å²) >= 11 is 6.57. The molecule has 0 radical (unpaired) electrons. The highest BCUT2D eigenvalue weighted by atomic mass is 32.2. The molecular weight excluding hydrogens is 458 g/mol. The predicted molar refractivity (Wildman–Crippen MR) is 136 cm³/mol. The highest BCUT2D eigenvalue weighted by Crippen LogP contribution is 2.34. The monoisotopic (exact) mass is 487 g/mol. The van der Waals surface area contributed by atoms with Gasteiger partial charge in [-0.2, -0.15) is 0 Å². The maximum Gasteiger partial charge on any atom is 0.266 e. The minimum Gasteiger partial charge on any atom is -0.493 e. The second-order valence-electron chi connectivity index (χ2n) is 7.39. The molecule has 2 aromatic rings. The minimum absolute atomic E-state index is 0.0644. The van der Waals surface area contributed by atoms with Crippen LogP contribution in [0, 0.1) is 13.8 Å². The number of methoxy groups -OCH3 is 1. The van der Waals surface area contributed by atoms with Gasteiger partial charge in [-0.05, 0) is 67.8 Å². The molecule has 2 aromatic carbocycles. The number of carbonyl (C=O) groups excluding carboxylic acids is 1. The lowest BCUT2D eigenvalue weighted by atomic mass is 10.1. The van der Waals surface area contributed by atoms with Gasteiger partial charge < -0.3 is 18.9 Å². The van der Waals surface area contributed by atoms with Gasteiger partial charge in [-0.15, -0.1) is 0 Å². The van der Waals surface area contributed by atoms with Gasteiger partial charge in [0.15, 0.2) is 11.5 Å². The smallest absolute Gasteiger partial charge is 0.266 e. The van der Waals surface area contributed by atoms with Crippen molar-refractivity contribution < 1.29 is 23.7 Å². The van der Waals surface area contributed by atoms with Crippen molar-refractivity contribution in [1.29, 1.82) is 0 Å². The first-order valence-corrected chi connectivity index (χ1v) is 12.0. The van der Waals surface area contributed by atoms with E-state index in [4.69, 9.17) is 31.2 Å². The van der Waals surface area contributed by atoms with Crippen LogP contribution in [0.4, 0.5) is 0 Å². The van der Waals surface area contributed by atoms with Crippen LogP contribution in [0.1, 0.15) is 23.6 Å². The van der Waals surface area contributed by atoms with Crippen LogP contribution in [-0.2, 0) is 9.53 Å². The molecule has 1 heterocycles. The molecule has 33 heavy (non-hydrogen) atoms. The van der Waals surface area contributed by atoms with Gasteiger partial charge in [-0.3, -0.25) is 9.69 Å². The van der Waals surface area contributed by atoms with Gasteiger partial charge in [0.25, 0.3) is 5.91 Å². The van der Waals surface area contributed by atoms with E-state index in [-0.39, 0.29) is 5.91 Å². The summed E-state index contributed by atoms with van der Waals surface area (Å²) in [5, 5.41) is 0. The minimum atomic E-state index is -0.0644. The number of thiocarbonyl (C=S) groups is 1. The Bertz CT molecular complexity index is 1040. The van der Waals surface area contributed by atoms with E-state index >= 15 is 0 Å². The third-order valence-corrected chi connectivity index (χ3v) is 6.51. The molecule has 1 fully saturated rings. The van der Waals surface area contributed by atoms with Gasteiger partial charge in [0, 0.05) is 6.54 Å². The number of thioether (sulfide) groups is 1. The van der Waals surface area contributed by atoms with E-state index in [1.807, 2.05) is 49.4 Å². The van der Waals surface area contributed by atoms with E-state index in [0.717, 1.165) is 11.3 Å². The SMILES string of the molecule is CCN1C(=O)/C(=C/c2ccc(OCCOCCOc3ccc(C)c(C)c3)c(OC)c2)SC1=S. The lowest BCUT2D eigenvalue weighted by Crippen LogP contribution is -2.27.